The first-order valence-electron chi connectivity index (χ1n) is 8.46. The van der Waals surface area contributed by atoms with Crippen LogP contribution in [0, 0.1) is 5.92 Å². The lowest BCUT2D eigenvalue weighted by atomic mass is 10.0. The standard InChI is InChI=1S/C18H30FN3/c1-6-13(8-7-11(2)3)22-12(4)16-14(10-21-17(16)20)15-9-18(15,5)19/h10-11,13,15,21H,6-9,20H2,1-5H3/t13-,15+,18?/m0/s1. The number of anilines is 1. The van der Waals surface area contributed by atoms with Crippen LogP contribution in [0.3, 0.4) is 0 Å². The third-order valence-corrected chi connectivity index (χ3v) is 4.77. The molecule has 0 amide bonds. The molecule has 1 heterocycles. The van der Waals surface area contributed by atoms with Crippen molar-refractivity contribution in [3.8, 4) is 0 Å². The summed E-state index contributed by atoms with van der Waals surface area (Å²) >= 11 is 0. The van der Waals surface area contributed by atoms with Gasteiger partial charge in [0.2, 0.25) is 0 Å². The Morgan fingerprint density at radius 2 is 2.14 bits per heavy atom. The van der Waals surface area contributed by atoms with Crippen LogP contribution in [0.2, 0.25) is 0 Å². The van der Waals surface area contributed by atoms with E-state index in [9.17, 15) is 4.39 Å². The SMILES string of the molecule is CC[C@@H](CCC(C)C)N=C(C)c1c([C@H]2CC2(C)F)c[nH]c1N. The number of alkyl halides is 1. The van der Waals surface area contributed by atoms with E-state index in [1.54, 1.807) is 6.92 Å². The molecule has 0 saturated heterocycles. The zero-order valence-electron chi connectivity index (χ0n) is 14.5. The number of aromatic amines is 1. The van der Waals surface area contributed by atoms with Crippen molar-refractivity contribution in [3.63, 3.8) is 0 Å². The molecule has 0 aliphatic heterocycles. The molecule has 124 valence electrons. The van der Waals surface area contributed by atoms with Gasteiger partial charge in [0, 0.05) is 23.4 Å². The van der Waals surface area contributed by atoms with Crippen LogP contribution in [0.15, 0.2) is 11.2 Å². The number of hydrogen-bond acceptors (Lipinski definition) is 2. The van der Waals surface area contributed by atoms with Gasteiger partial charge in [-0.25, -0.2) is 4.39 Å². The summed E-state index contributed by atoms with van der Waals surface area (Å²) in [6.07, 6.45) is 5.72. The molecular weight excluding hydrogens is 277 g/mol. The largest absolute Gasteiger partial charge is 0.385 e. The first-order chi connectivity index (χ1) is 10.3. The molecule has 3 atom stereocenters. The molecule has 1 unspecified atom stereocenters. The Balaban J connectivity index is 2.19. The number of nitrogens with zero attached hydrogens (tertiary/aromatic N) is 1. The fourth-order valence-electron chi connectivity index (χ4n) is 3.13. The number of aliphatic imine (C=N–C) groups is 1. The summed E-state index contributed by atoms with van der Waals surface area (Å²) in [7, 11) is 0. The van der Waals surface area contributed by atoms with Crippen LogP contribution in [0.5, 0.6) is 0 Å². The maximum atomic E-state index is 14.0. The monoisotopic (exact) mass is 307 g/mol. The third-order valence-electron chi connectivity index (χ3n) is 4.77. The van der Waals surface area contributed by atoms with Crippen molar-refractivity contribution in [2.24, 2.45) is 10.9 Å². The number of rotatable bonds is 7. The van der Waals surface area contributed by atoms with Crippen LogP contribution in [-0.4, -0.2) is 22.4 Å². The van der Waals surface area contributed by atoms with Gasteiger partial charge in [-0.3, -0.25) is 4.99 Å². The lowest BCUT2D eigenvalue weighted by molar-refractivity contribution is 0.328. The Morgan fingerprint density at radius 1 is 1.50 bits per heavy atom. The Hall–Kier alpha value is -1.32. The van der Waals surface area contributed by atoms with Gasteiger partial charge in [0.1, 0.15) is 11.5 Å². The number of H-pyrrole nitrogens is 1. The van der Waals surface area contributed by atoms with E-state index in [4.69, 9.17) is 10.7 Å². The molecule has 0 bridgehead atoms. The minimum absolute atomic E-state index is 0.0445. The van der Waals surface area contributed by atoms with Gasteiger partial charge in [0.15, 0.2) is 0 Å². The molecule has 1 fully saturated rings. The van der Waals surface area contributed by atoms with Gasteiger partial charge in [0.25, 0.3) is 0 Å². The summed E-state index contributed by atoms with van der Waals surface area (Å²) in [5.41, 5.74) is 7.84. The molecule has 1 saturated carbocycles. The Kier molecular flexibility index (Phi) is 4.98. The van der Waals surface area contributed by atoms with Crippen LogP contribution in [0.4, 0.5) is 10.2 Å². The Bertz CT molecular complexity index is 543. The predicted molar refractivity (Wildman–Crippen MR) is 92.4 cm³/mol. The predicted octanol–water partition coefficient (Wildman–Crippen LogP) is 4.84. The molecule has 4 heteroatoms. The lowest BCUT2D eigenvalue weighted by Gasteiger charge is -2.14. The van der Waals surface area contributed by atoms with Gasteiger partial charge in [-0.05, 0) is 51.0 Å². The zero-order valence-corrected chi connectivity index (χ0v) is 14.5. The second kappa shape index (κ2) is 6.43. The molecular formula is C18H30FN3. The molecule has 3 nitrogen and oxygen atoms in total. The second-order valence-electron chi connectivity index (χ2n) is 7.32. The van der Waals surface area contributed by atoms with Gasteiger partial charge in [0.05, 0.1) is 6.04 Å². The first kappa shape index (κ1) is 17.0. The van der Waals surface area contributed by atoms with Crippen LogP contribution in [-0.2, 0) is 0 Å². The average Bonchev–Trinajstić information content (AvgIpc) is 2.89. The Morgan fingerprint density at radius 3 is 2.64 bits per heavy atom. The third kappa shape index (κ3) is 3.71. The molecule has 3 N–H and O–H groups in total. The summed E-state index contributed by atoms with van der Waals surface area (Å²) in [5, 5.41) is 0. The molecule has 22 heavy (non-hydrogen) atoms. The maximum absolute atomic E-state index is 14.0. The van der Waals surface area contributed by atoms with Gasteiger partial charge >= 0.3 is 0 Å². The summed E-state index contributed by atoms with van der Waals surface area (Å²) < 4.78 is 14.0. The highest BCUT2D eigenvalue weighted by atomic mass is 19.1. The number of aromatic nitrogens is 1. The molecule has 1 aliphatic rings. The number of nitrogens with one attached hydrogen (secondary N) is 1. The van der Waals surface area contributed by atoms with Crippen molar-refractivity contribution in [3.05, 3.63) is 17.3 Å². The van der Waals surface area contributed by atoms with Gasteiger partial charge < -0.3 is 10.7 Å². The van der Waals surface area contributed by atoms with Crippen molar-refractivity contribution >= 4 is 11.5 Å². The van der Waals surface area contributed by atoms with E-state index < -0.39 is 5.67 Å². The van der Waals surface area contributed by atoms with Crippen molar-refractivity contribution in [1.82, 2.24) is 4.98 Å². The number of nitrogens with two attached hydrogens (primary N) is 1. The van der Waals surface area contributed by atoms with Gasteiger partial charge in [-0.15, -0.1) is 0 Å². The summed E-state index contributed by atoms with van der Waals surface area (Å²) in [6.45, 7) is 10.3. The van der Waals surface area contributed by atoms with Crippen LogP contribution < -0.4 is 5.73 Å². The van der Waals surface area contributed by atoms with E-state index in [1.807, 2.05) is 13.1 Å². The number of nitrogen functional groups attached to an aromatic ring is 1. The van der Waals surface area contributed by atoms with E-state index in [1.165, 1.54) is 6.42 Å². The summed E-state index contributed by atoms with van der Waals surface area (Å²) in [4.78, 5) is 7.93. The topological polar surface area (TPSA) is 54.2 Å². The Labute approximate surface area is 133 Å². The fourth-order valence-corrected chi connectivity index (χ4v) is 3.13. The average molecular weight is 307 g/mol. The molecule has 1 aliphatic carbocycles. The van der Waals surface area contributed by atoms with E-state index in [0.717, 1.165) is 29.7 Å². The van der Waals surface area contributed by atoms with Crippen LogP contribution in [0.1, 0.15) is 77.3 Å². The fraction of sp³-hybridized carbons (Fsp3) is 0.722. The van der Waals surface area contributed by atoms with Crippen molar-refractivity contribution in [2.45, 2.75) is 77.9 Å². The summed E-state index contributed by atoms with van der Waals surface area (Å²) in [5.74, 6) is 1.26. The normalized spacial score (nSPS) is 26.5. The molecule has 0 radical (unpaired) electrons. The van der Waals surface area contributed by atoms with E-state index in [-0.39, 0.29) is 5.92 Å². The molecule has 0 spiro atoms. The highest BCUT2D eigenvalue weighted by molar-refractivity contribution is 6.04. The van der Waals surface area contributed by atoms with Gasteiger partial charge in [-0.1, -0.05) is 20.8 Å². The second-order valence-corrected chi connectivity index (χ2v) is 7.32. The minimum Gasteiger partial charge on any atom is -0.385 e. The van der Waals surface area contributed by atoms with Crippen LogP contribution in [0.25, 0.3) is 0 Å². The highest BCUT2D eigenvalue weighted by Crippen LogP contribution is 2.55. The smallest absolute Gasteiger partial charge is 0.116 e. The van der Waals surface area contributed by atoms with Crippen molar-refractivity contribution in [1.29, 1.82) is 0 Å². The van der Waals surface area contributed by atoms with Crippen molar-refractivity contribution < 1.29 is 4.39 Å². The van der Waals surface area contributed by atoms with E-state index >= 15 is 0 Å². The quantitative estimate of drug-likeness (QED) is 0.696. The van der Waals surface area contributed by atoms with Crippen LogP contribution >= 0.6 is 0 Å². The van der Waals surface area contributed by atoms with Gasteiger partial charge in [-0.2, -0.15) is 0 Å². The van der Waals surface area contributed by atoms with E-state index in [2.05, 4.69) is 25.8 Å². The summed E-state index contributed by atoms with van der Waals surface area (Å²) in [6, 6.07) is 0.320. The number of hydrogen-bond donors (Lipinski definition) is 2. The van der Waals surface area contributed by atoms with Crippen molar-refractivity contribution in [2.75, 3.05) is 5.73 Å². The molecule has 1 aromatic heterocycles. The highest BCUT2D eigenvalue weighted by Gasteiger charge is 2.53. The number of halogens is 1. The first-order valence-corrected chi connectivity index (χ1v) is 8.46. The lowest BCUT2D eigenvalue weighted by Crippen LogP contribution is -2.11. The minimum atomic E-state index is -1.09. The zero-order chi connectivity index (χ0) is 16.5. The molecule has 1 aromatic rings. The molecule has 2 rings (SSSR count). The maximum Gasteiger partial charge on any atom is 0.116 e. The molecule has 0 aromatic carbocycles. The van der Waals surface area contributed by atoms with E-state index in [0.29, 0.717) is 24.2 Å².